The number of phenolic OH excluding ortho intramolecular Hbond substituents is 2. The van der Waals surface area contributed by atoms with E-state index in [9.17, 15) is 33.5 Å². The number of hydrogen-bond acceptors (Lipinski definition) is 4. The fourth-order valence-corrected chi connectivity index (χ4v) is 6.68. The molecule has 13 heteroatoms. The Morgan fingerprint density at radius 3 is 1.48 bits per heavy atom. The Morgan fingerprint density at radius 2 is 1.05 bits per heavy atom. The van der Waals surface area contributed by atoms with E-state index >= 15 is 0 Å². The molecule has 0 atom stereocenters. The zero-order chi connectivity index (χ0) is 31.2. The van der Waals surface area contributed by atoms with Crippen molar-refractivity contribution in [3.8, 4) is 11.5 Å². The second-order valence-corrected chi connectivity index (χ2v) is 15.6. The monoisotopic (exact) mass is 760 g/mol. The van der Waals surface area contributed by atoms with Gasteiger partial charge in [-0.3, -0.25) is 4.79 Å². The van der Waals surface area contributed by atoms with Gasteiger partial charge in [-0.05, 0) is 91.0 Å². The number of aromatic hydroxyl groups is 2. The van der Waals surface area contributed by atoms with Crippen molar-refractivity contribution in [1.82, 2.24) is 0 Å². The summed E-state index contributed by atoms with van der Waals surface area (Å²) in [6.45, 7) is 0. The van der Waals surface area contributed by atoms with Crippen LogP contribution < -0.4 is 4.70 Å². The molecule has 44 heavy (non-hydrogen) atoms. The van der Waals surface area contributed by atoms with Crippen molar-refractivity contribution in [2.45, 2.75) is 24.5 Å². The molecule has 0 amide bonds. The molecule has 0 heterocycles. The topological polar surface area (TPSA) is 57.5 Å². The summed E-state index contributed by atoms with van der Waals surface area (Å²) in [6.07, 6.45) is 0. The number of benzene rings is 5. The van der Waals surface area contributed by atoms with Crippen molar-refractivity contribution in [3.63, 3.8) is 0 Å². The van der Waals surface area contributed by atoms with Crippen LogP contribution in [0.5, 0.6) is 11.5 Å². The van der Waals surface area contributed by atoms with Crippen LogP contribution in [0.25, 0.3) is 0 Å². The van der Waals surface area contributed by atoms with E-state index in [4.69, 9.17) is 0 Å². The van der Waals surface area contributed by atoms with Gasteiger partial charge in [-0.1, -0.05) is 42.1 Å². The summed E-state index contributed by atoms with van der Waals surface area (Å²) in [4.78, 5) is 17.0. The van der Waals surface area contributed by atoms with Gasteiger partial charge in [-0.2, -0.15) is 0 Å². The van der Waals surface area contributed by atoms with Crippen molar-refractivity contribution in [2.75, 3.05) is 0 Å². The van der Waals surface area contributed by atoms with Crippen LogP contribution in [0.4, 0.5) is 18.5 Å². The average Bonchev–Trinajstić information content (AvgIpc) is 2.96. The molecule has 3 nitrogen and oxygen atoms in total. The van der Waals surface area contributed by atoms with E-state index < -0.39 is 37.0 Å². The maximum absolute atomic E-state index is 14.9. The summed E-state index contributed by atoms with van der Waals surface area (Å²) < 4.78 is 64.5. The van der Waals surface area contributed by atoms with E-state index in [1.807, 2.05) is 54.6 Å². The molecule has 0 fully saturated rings. The van der Waals surface area contributed by atoms with Crippen LogP contribution in [0.3, 0.4) is 0 Å². The van der Waals surface area contributed by atoms with Gasteiger partial charge < -0.3 is 14.9 Å². The van der Waals surface area contributed by atoms with Gasteiger partial charge in [0.2, 0.25) is 0 Å². The van der Waals surface area contributed by atoms with Crippen molar-refractivity contribution in [3.05, 3.63) is 138 Å². The molecule has 0 aliphatic carbocycles. The molecular formula is C31H22F7O3S2Sb. The van der Waals surface area contributed by atoms with Crippen molar-refractivity contribution in [2.24, 2.45) is 0 Å². The van der Waals surface area contributed by atoms with E-state index in [2.05, 4.69) is 0 Å². The van der Waals surface area contributed by atoms with Gasteiger partial charge in [-0.15, -0.1) is 0 Å². The molecule has 5 rings (SSSR count). The van der Waals surface area contributed by atoms with Gasteiger partial charge in [0.05, 0.1) is 10.9 Å². The van der Waals surface area contributed by atoms with E-state index in [0.29, 0.717) is 16.0 Å². The van der Waals surface area contributed by atoms with E-state index in [-0.39, 0.29) is 22.0 Å². The van der Waals surface area contributed by atoms with Crippen LogP contribution in [0.2, 0.25) is 0 Å². The number of hydrogen-bond donors (Lipinski definition) is 2. The first-order valence-electron chi connectivity index (χ1n) is 12.3. The molecule has 0 spiro atoms. The fourth-order valence-electron chi connectivity index (χ4n) is 3.82. The Balaban J connectivity index is 0.000000689. The molecule has 0 bridgehead atoms. The SMILES string of the molecule is O=C(c1ccccc1)c1ccc(Sc2ccc([S+](c3ccc(O)cc3)c3ccc(O)cc3)cc2)c(F)c1.[F-].[F][Sb]([F])([F])([F])[F]. The number of halogens is 7. The molecule has 0 aliphatic heterocycles. The second-order valence-electron chi connectivity index (χ2n) is 8.85. The van der Waals surface area contributed by atoms with Crippen LogP contribution in [0.1, 0.15) is 15.9 Å². The molecule has 5 aromatic rings. The first-order valence-corrected chi connectivity index (χ1v) is 19.2. The molecule has 0 radical (unpaired) electrons. The van der Waals surface area contributed by atoms with Gasteiger partial charge in [-0.25, -0.2) is 4.39 Å². The van der Waals surface area contributed by atoms with Gasteiger partial charge in [0.1, 0.15) is 17.3 Å². The number of rotatable bonds is 7. The van der Waals surface area contributed by atoms with Crippen molar-refractivity contribution >= 4 is 48.7 Å². The normalized spacial score (nSPS) is 11.8. The molecule has 2 N–H and O–H groups in total. The summed E-state index contributed by atoms with van der Waals surface area (Å²) in [5.41, 5.74) is 0.839. The third-order valence-corrected chi connectivity index (χ3v) is 8.95. The van der Waals surface area contributed by atoms with Gasteiger partial charge >= 0.3 is 34.4 Å². The average molecular weight is 761 g/mol. The standard InChI is InChI=1S/C31H21FO3S2.6FH.Sb/c32-29-20-22(31(35)21-4-2-1-3-5-21)6-19-30(29)36-25-11-17-28(18-12-25)37(26-13-7-23(33)8-14-26)27-15-9-24(34)10-16-27;;;;;;;/h1-20H,(H-,33,34);6*1H;/q;;;;;;;+5/p-5. The Morgan fingerprint density at radius 1 is 0.614 bits per heavy atom. The molecule has 230 valence electrons. The predicted octanol–water partition coefficient (Wildman–Crippen LogP) is 6.44. The zero-order valence-corrected chi connectivity index (χ0v) is 26.4. The third-order valence-electron chi connectivity index (χ3n) is 5.66. The Hall–Kier alpha value is -3.60. The molecule has 0 aromatic heterocycles. The van der Waals surface area contributed by atoms with Gasteiger partial charge in [0.25, 0.3) is 0 Å². The molecule has 0 saturated carbocycles. The molecule has 5 aromatic carbocycles. The fraction of sp³-hybridized carbons (Fsp3) is 0. The van der Waals surface area contributed by atoms with E-state index in [1.165, 1.54) is 17.8 Å². The summed E-state index contributed by atoms with van der Waals surface area (Å²) >= 11 is -7.89. The van der Waals surface area contributed by atoms with Crippen LogP contribution >= 0.6 is 11.8 Å². The second kappa shape index (κ2) is 14.5. The summed E-state index contributed by atoms with van der Waals surface area (Å²) in [5, 5.41) is 19.5. The van der Waals surface area contributed by atoms with Crippen molar-refractivity contribution in [1.29, 1.82) is 0 Å². The number of carbonyl (C=O) groups excluding carboxylic acids is 1. The van der Waals surface area contributed by atoms with Crippen LogP contribution in [0.15, 0.2) is 146 Å². The quantitative estimate of drug-likeness (QED) is 0.0869. The number of phenols is 2. The Labute approximate surface area is 260 Å². The summed E-state index contributed by atoms with van der Waals surface area (Å²) in [5.74, 6) is -0.258. The predicted molar refractivity (Wildman–Crippen MR) is 157 cm³/mol. The molecular weight excluding hydrogens is 739 g/mol. The molecule has 0 saturated heterocycles. The van der Waals surface area contributed by atoms with Crippen LogP contribution in [0, 0.1) is 5.82 Å². The van der Waals surface area contributed by atoms with Crippen LogP contribution in [-0.2, 0) is 10.9 Å². The van der Waals surface area contributed by atoms with Crippen molar-refractivity contribution < 1.29 is 38.2 Å². The third kappa shape index (κ3) is 10.5. The minimum absolute atomic E-state index is 0. The first-order chi connectivity index (χ1) is 20.2. The summed E-state index contributed by atoms with van der Waals surface area (Å²) in [6, 6.07) is 35.5. The molecule has 0 unspecified atom stereocenters. The number of ketones is 1. The zero-order valence-electron chi connectivity index (χ0n) is 22.3. The van der Waals surface area contributed by atoms with E-state index in [0.717, 1.165) is 19.6 Å². The van der Waals surface area contributed by atoms with Crippen LogP contribution in [-0.4, -0.2) is 36.3 Å². The molecule has 0 aliphatic rings. The summed E-state index contributed by atoms with van der Waals surface area (Å²) in [7, 11) is -0.460. The Bertz CT molecular complexity index is 1640. The minimum atomic E-state index is -9.19. The first kappa shape index (κ1) is 34.9. The van der Waals surface area contributed by atoms with Gasteiger partial charge in [0, 0.05) is 20.9 Å². The van der Waals surface area contributed by atoms with E-state index in [1.54, 1.807) is 60.7 Å². The maximum atomic E-state index is 14.9. The number of carbonyl (C=O) groups is 1. The van der Waals surface area contributed by atoms with Gasteiger partial charge in [0.15, 0.2) is 20.5 Å². The Kier molecular flexibility index (Phi) is 11.5.